The predicted octanol–water partition coefficient (Wildman–Crippen LogP) is 2.79. The fraction of sp³-hybridized carbons (Fsp3) is 0.429. The molecule has 5 nitrogen and oxygen atoms in total. The molecule has 0 radical (unpaired) electrons. The number of amides is 2. The number of halogens is 1. The van der Waals surface area contributed by atoms with Crippen molar-refractivity contribution in [2.24, 2.45) is 0 Å². The molecule has 110 valence electrons. The number of carbonyl (C=O) groups excluding carboxylic acids is 2. The molecule has 0 aliphatic rings. The fourth-order valence-electron chi connectivity index (χ4n) is 1.56. The van der Waals surface area contributed by atoms with Gasteiger partial charge in [0.25, 0.3) is 0 Å². The molecule has 0 atom stereocenters. The van der Waals surface area contributed by atoms with Crippen LogP contribution in [0, 0.1) is 0 Å². The molecule has 0 aliphatic carbocycles. The van der Waals surface area contributed by atoms with Crippen molar-refractivity contribution in [2.45, 2.75) is 32.6 Å². The number of carbonyl (C=O) groups is 2. The van der Waals surface area contributed by atoms with Crippen LogP contribution in [0.5, 0.6) is 0 Å². The van der Waals surface area contributed by atoms with Gasteiger partial charge in [0.2, 0.25) is 11.8 Å². The van der Waals surface area contributed by atoms with Crippen LogP contribution in [0.4, 0.5) is 11.4 Å². The van der Waals surface area contributed by atoms with Crippen molar-refractivity contribution in [3.05, 3.63) is 23.2 Å². The highest BCUT2D eigenvalue weighted by atomic mass is 35.5. The Kier molecular flexibility index (Phi) is 7.04. The third-order valence-electron chi connectivity index (χ3n) is 2.66. The molecule has 0 aromatic heterocycles. The smallest absolute Gasteiger partial charge is 0.224 e. The van der Waals surface area contributed by atoms with Crippen LogP contribution in [-0.2, 0) is 9.59 Å². The van der Waals surface area contributed by atoms with E-state index in [1.54, 1.807) is 25.1 Å². The second kappa shape index (κ2) is 8.55. The minimum absolute atomic E-state index is 0.0760. The van der Waals surface area contributed by atoms with Crippen molar-refractivity contribution in [1.29, 1.82) is 0 Å². The molecule has 0 spiro atoms. The summed E-state index contributed by atoms with van der Waals surface area (Å²) >= 11 is 6.00. The number of nitrogens with one attached hydrogen (secondary N) is 2. The molecule has 0 saturated carbocycles. The molecule has 1 rings (SSSR count). The molecule has 1 aromatic carbocycles. The SMILES string of the molecule is CCC(=O)Nc1ccc(Cl)c(NC(=O)CCCCO)c1. The highest BCUT2D eigenvalue weighted by molar-refractivity contribution is 6.33. The largest absolute Gasteiger partial charge is 0.396 e. The Labute approximate surface area is 123 Å². The van der Waals surface area contributed by atoms with Crippen LogP contribution in [-0.4, -0.2) is 23.5 Å². The van der Waals surface area contributed by atoms with Gasteiger partial charge in [-0.15, -0.1) is 0 Å². The van der Waals surface area contributed by atoms with Crippen LogP contribution in [0.1, 0.15) is 32.6 Å². The lowest BCUT2D eigenvalue weighted by molar-refractivity contribution is -0.116. The lowest BCUT2D eigenvalue weighted by Crippen LogP contribution is -2.13. The molecule has 0 unspecified atom stereocenters. The summed E-state index contributed by atoms with van der Waals surface area (Å²) in [6, 6.07) is 4.92. The van der Waals surface area contributed by atoms with Crippen molar-refractivity contribution < 1.29 is 14.7 Å². The molecule has 6 heteroatoms. The highest BCUT2D eigenvalue weighted by Crippen LogP contribution is 2.26. The lowest BCUT2D eigenvalue weighted by atomic mass is 10.2. The average Bonchev–Trinajstić information content (AvgIpc) is 2.42. The summed E-state index contributed by atoms with van der Waals surface area (Å²) < 4.78 is 0. The number of aliphatic hydroxyl groups is 1. The molecule has 3 N–H and O–H groups in total. The monoisotopic (exact) mass is 298 g/mol. The molecule has 0 saturated heterocycles. The minimum Gasteiger partial charge on any atom is -0.396 e. The predicted molar refractivity (Wildman–Crippen MR) is 79.9 cm³/mol. The number of hydrogen-bond donors (Lipinski definition) is 3. The zero-order valence-corrected chi connectivity index (χ0v) is 12.2. The Balaban J connectivity index is 2.66. The number of rotatable bonds is 7. The van der Waals surface area contributed by atoms with E-state index in [2.05, 4.69) is 10.6 Å². The van der Waals surface area contributed by atoms with Gasteiger partial charge in [0.05, 0.1) is 10.7 Å². The van der Waals surface area contributed by atoms with Crippen molar-refractivity contribution in [3.63, 3.8) is 0 Å². The van der Waals surface area contributed by atoms with Gasteiger partial charge < -0.3 is 15.7 Å². The Morgan fingerprint density at radius 1 is 1.20 bits per heavy atom. The van der Waals surface area contributed by atoms with E-state index in [4.69, 9.17) is 16.7 Å². The van der Waals surface area contributed by atoms with Gasteiger partial charge in [-0.05, 0) is 31.0 Å². The van der Waals surface area contributed by atoms with Gasteiger partial charge in [-0.2, -0.15) is 0 Å². The summed E-state index contributed by atoms with van der Waals surface area (Å²) in [5, 5.41) is 14.5. The van der Waals surface area contributed by atoms with Crippen LogP contribution in [0.25, 0.3) is 0 Å². The fourth-order valence-corrected chi connectivity index (χ4v) is 1.72. The summed E-state index contributed by atoms with van der Waals surface area (Å²) in [6.45, 7) is 1.83. The van der Waals surface area contributed by atoms with E-state index in [9.17, 15) is 9.59 Å². The first kappa shape index (κ1) is 16.5. The summed E-state index contributed by atoms with van der Waals surface area (Å²) in [5.41, 5.74) is 1.06. The zero-order valence-electron chi connectivity index (χ0n) is 11.4. The van der Waals surface area contributed by atoms with Crippen LogP contribution in [0.15, 0.2) is 18.2 Å². The third-order valence-corrected chi connectivity index (χ3v) is 2.99. The number of benzene rings is 1. The molecule has 2 amide bonds. The van der Waals surface area contributed by atoms with Gasteiger partial charge in [-0.1, -0.05) is 18.5 Å². The van der Waals surface area contributed by atoms with E-state index in [1.165, 1.54) is 0 Å². The quantitative estimate of drug-likeness (QED) is 0.677. The van der Waals surface area contributed by atoms with E-state index >= 15 is 0 Å². The van der Waals surface area contributed by atoms with E-state index in [0.29, 0.717) is 42.1 Å². The standard InChI is InChI=1S/C14H19ClN2O3/c1-2-13(19)16-10-6-7-11(15)12(9-10)17-14(20)5-3-4-8-18/h6-7,9,18H,2-5,8H2,1H3,(H,16,19)(H,17,20). The second-order valence-electron chi connectivity index (χ2n) is 4.33. The zero-order chi connectivity index (χ0) is 15.0. The summed E-state index contributed by atoms with van der Waals surface area (Å²) in [4.78, 5) is 23.0. The first-order valence-electron chi connectivity index (χ1n) is 6.57. The molecular weight excluding hydrogens is 280 g/mol. The van der Waals surface area contributed by atoms with E-state index in [-0.39, 0.29) is 18.4 Å². The number of anilines is 2. The van der Waals surface area contributed by atoms with Gasteiger partial charge in [0, 0.05) is 25.1 Å². The molecule has 0 aliphatic heterocycles. The molecule has 0 heterocycles. The maximum atomic E-state index is 11.7. The van der Waals surface area contributed by atoms with Crippen molar-refractivity contribution in [2.75, 3.05) is 17.2 Å². The van der Waals surface area contributed by atoms with E-state index in [1.807, 2.05) is 0 Å². The van der Waals surface area contributed by atoms with Crippen molar-refractivity contribution in [3.8, 4) is 0 Å². The second-order valence-corrected chi connectivity index (χ2v) is 4.73. The van der Waals surface area contributed by atoms with Crippen LogP contribution >= 0.6 is 11.6 Å². The van der Waals surface area contributed by atoms with Crippen LogP contribution < -0.4 is 10.6 Å². The molecule has 20 heavy (non-hydrogen) atoms. The van der Waals surface area contributed by atoms with Gasteiger partial charge >= 0.3 is 0 Å². The van der Waals surface area contributed by atoms with Crippen LogP contribution in [0.2, 0.25) is 5.02 Å². The summed E-state index contributed by atoms with van der Waals surface area (Å²) in [6.07, 6.45) is 1.91. The van der Waals surface area contributed by atoms with Crippen molar-refractivity contribution in [1.82, 2.24) is 0 Å². The van der Waals surface area contributed by atoms with Gasteiger partial charge in [0.1, 0.15) is 0 Å². The number of aliphatic hydroxyl groups excluding tert-OH is 1. The number of unbranched alkanes of at least 4 members (excludes halogenated alkanes) is 1. The third kappa shape index (κ3) is 5.59. The van der Waals surface area contributed by atoms with E-state index < -0.39 is 0 Å². The van der Waals surface area contributed by atoms with Gasteiger partial charge in [-0.25, -0.2) is 0 Å². The first-order chi connectivity index (χ1) is 9.56. The Bertz CT molecular complexity index is 477. The average molecular weight is 299 g/mol. The Morgan fingerprint density at radius 2 is 1.95 bits per heavy atom. The van der Waals surface area contributed by atoms with Gasteiger partial charge in [0.15, 0.2) is 0 Å². The highest BCUT2D eigenvalue weighted by Gasteiger charge is 2.08. The van der Waals surface area contributed by atoms with Crippen LogP contribution in [0.3, 0.4) is 0 Å². The van der Waals surface area contributed by atoms with E-state index in [0.717, 1.165) is 0 Å². The van der Waals surface area contributed by atoms with Gasteiger partial charge in [-0.3, -0.25) is 9.59 Å². The maximum Gasteiger partial charge on any atom is 0.224 e. The molecule has 0 fully saturated rings. The maximum absolute atomic E-state index is 11.7. The first-order valence-corrected chi connectivity index (χ1v) is 6.94. The lowest BCUT2D eigenvalue weighted by Gasteiger charge is -2.10. The molecular formula is C14H19ClN2O3. The van der Waals surface area contributed by atoms with Crippen molar-refractivity contribution >= 4 is 34.8 Å². The number of hydrogen-bond acceptors (Lipinski definition) is 3. The minimum atomic E-state index is -0.167. The molecule has 1 aromatic rings. The topological polar surface area (TPSA) is 78.4 Å². The molecule has 0 bridgehead atoms. The summed E-state index contributed by atoms with van der Waals surface area (Å²) in [5.74, 6) is -0.271. The normalized spacial score (nSPS) is 10.2. The Hall–Kier alpha value is -1.59. The summed E-state index contributed by atoms with van der Waals surface area (Å²) in [7, 11) is 0. The Morgan fingerprint density at radius 3 is 2.60 bits per heavy atom.